The zero-order chi connectivity index (χ0) is 13.2. The van der Waals surface area contributed by atoms with Gasteiger partial charge in [-0.25, -0.2) is 0 Å². The van der Waals surface area contributed by atoms with E-state index in [2.05, 4.69) is 36.1 Å². The van der Waals surface area contributed by atoms with E-state index in [0.29, 0.717) is 5.92 Å². The van der Waals surface area contributed by atoms with Crippen molar-refractivity contribution >= 4 is 5.69 Å². The van der Waals surface area contributed by atoms with Gasteiger partial charge in [0.25, 0.3) is 0 Å². The Bertz CT molecular complexity index is 429. The average molecular weight is 258 g/mol. The average Bonchev–Trinajstić information content (AvgIpc) is 2.79. The Morgan fingerprint density at radius 3 is 2.89 bits per heavy atom. The van der Waals surface area contributed by atoms with Crippen LogP contribution in [0.1, 0.15) is 50.5 Å². The largest absolute Gasteiger partial charge is 0.368 e. The van der Waals surface area contributed by atoms with Crippen molar-refractivity contribution in [1.82, 2.24) is 0 Å². The molecule has 0 bridgehead atoms. The Labute approximate surface area is 117 Å². The summed E-state index contributed by atoms with van der Waals surface area (Å²) in [6, 6.07) is 9.73. The molecule has 2 aliphatic rings. The molecule has 1 fully saturated rings. The Morgan fingerprint density at radius 1 is 1.26 bits per heavy atom. The highest BCUT2D eigenvalue weighted by Gasteiger charge is 2.33. The van der Waals surface area contributed by atoms with Crippen LogP contribution in [0, 0.1) is 5.92 Å². The van der Waals surface area contributed by atoms with Gasteiger partial charge < -0.3 is 10.6 Å². The molecule has 0 amide bonds. The van der Waals surface area contributed by atoms with Crippen molar-refractivity contribution in [1.29, 1.82) is 0 Å². The molecule has 0 radical (unpaired) electrons. The van der Waals surface area contributed by atoms with Crippen molar-refractivity contribution in [2.24, 2.45) is 11.7 Å². The Morgan fingerprint density at radius 2 is 2.11 bits per heavy atom. The molecule has 1 aromatic carbocycles. The van der Waals surface area contributed by atoms with Crippen LogP contribution in [0.4, 0.5) is 5.69 Å². The van der Waals surface area contributed by atoms with E-state index in [1.807, 2.05) is 0 Å². The molecule has 19 heavy (non-hydrogen) atoms. The zero-order valence-corrected chi connectivity index (χ0v) is 12.0. The van der Waals surface area contributed by atoms with Crippen LogP contribution in [-0.2, 0) is 0 Å². The van der Waals surface area contributed by atoms with E-state index in [0.717, 1.165) is 24.9 Å². The highest BCUT2D eigenvalue weighted by Crippen LogP contribution is 2.41. The van der Waals surface area contributed by atoms with Crippen LogP contribution in [0.2, 0.25) is 0 Å². The van der Waals surface area contributed by atoms with Crippen molar-refractivity contribution in [3.8, 4) is 0 Å². The molecule has 2 heteroatoms. The van der Waals surface area contributed by atoms with Gasteiger partial charge in [-0.2, -0.15) is 0 Å². The predicted octanol–water partition coefficient (Wildman–Crippen LogP) is 3.52. The molecule has 1 aliphatic heterocycles. The lowest BCUT2D eigenvalue weighted by molar-refractivity contribution is 0.329. The highest BCUT2D eigenvalue weighted by molar-refractivity contribution is 5.61. The van der Waals surface area contributed by atoms with Gasteiger partial charge in [0.1, 0.15) is 0 Å². The van der Waals surface area contributed by atoms with E-state index in [1.54, 1.807) is 0 Å². The first kappa shape index (κ1) is 13.0. The maximum Gasteiger partial charge on any atom is 0.0405 e. The number of fused-ring (bicyclic) bond motifs is 1. The Hall–Kier alpha value is -1.02. The first-order valence-corrected chi connectivity index (χ1v) is 7.85. The summed E-state index contributed by atoms with van der Waals surface area (Å²) >= 11 is 0. The molecule has 1 aromatic rings. The van der Waals surface area contributed by atoms with E-state index < -0.39 is 0 Å². The predicted molar refractivity (Wildman–Crippen MR) is 81.6 cm³/mol. The van der Waals surface area contributed by atoms with Crippen LogP contribution < -0.4 is 10.6 Å². The molecular formula is C17H26N2. The van der Waals surface area contributed by atoms with Crippen LogP contribution in [0.3, 0.4) is 0 Å². The van der Waals surface area contributed by atoms with Crippen molar-refractivity contribution in [3.63, 3.8) is 0 Å². The summed E-state index contributed by atoms with van der Waals surface area (Å²) in [7, 11) is 0. The molecule has 1 aliphatic carbocycles. The van der Waals surface area contributed by atoms with Gasteiger partial charge in [0.05, 0.1) is 0 Å². The number of nitrogens with two attached hydrogens (primary N) is 1. The number of hydrogen-bond donors (Lipinski definition) is 1. The lowest BCUT2D eigenvalue weighted by Gasteiger charge is -2.36. The van der Waals surface area contributed by atoms with Gasteiger partial charge in [0.2, 0.25) is 0 Å². The van der Waals surface area contributed by atoms with Crippen molar-refractivity contribution in [2.45, 2.75) is 51.0 Å². The second kappa shape index (κ2) is 5.54. The molecule has 3 rings (SSSR count). The van der Waals surface area contributed by atoms with Crippen molar-refractivity contribution in [2.75, 3.05) is 18.0 Å². The molecule has 0 aromatic heterocycles. The quantitative estimate of drug-likeness (QED) is 0.899. The Kier molecular flexibility index (Phi) is 3.79. The van der Waals surface area contributed by atoms with Crippen LogP contribution in [0.25, 0.3) is 0 Å². The first-order valence-electron chi connectivity index (χ1n) is 7.85. The molecule has 0 saturated heterocycles. The molecule has 3 unspecified atom stereocenters. The molecule has 2 N–H and O–H groups in total. The van der Waals surface area contributed by atoms with Gasteiger partial charge in [0, 0.05) is 24.2 Å². The van der Waals surface area contributed by atoms with Gasteiger partial charge in [-0.1, -0.05) is 38.0 Å². The molecule has 0 spiro atoms. The summed E-state index contributed by atoms with van der Waals surface area (Å²) in [5.74, 6) is 1.54. The topological polar surface area (TPSA) is 29.3 Å². The highest BCUT2D eigenvalue weighted by atomic mass is 15.2. The fourth-order valence-corrected chi connectivity index (χ4v) is 4.01. The molecule has 1 saturated carbocycles. The van der Waals surface area contributed by atoms with Crippen molar-refractivity contribution < 1.29 is 0 Å². The normalized spacial score (nSPS) is 30.4. The maximum atomic E-state index is 5.79. The number of benzene rings is 1. The minimum atomic E-state index is 0.651. The van der Waals surface area contributed by atoms with Gasteiger partial charge in [-0.3, -0.25) is 0 Å². The minimum Gasteiger partial charge on any atom is -0.368 e. The molecular weight excluding hydrogens is 232 g/mol. The lowest BCUT2D eigenvalue weighted by Crippen LogP contribution is -2.38. The monoisotopic (exact) mass is 258 g/mol. The van der Waals surface area contributed by atoms with E-state index in [1.165, 1.54) is 43.5 Å². The minimum absolute atomic E-state index is 0.651. The smallest absolute Gasteiger partial charge is 0.0405 e. The van der Waals surface area contributed by atoms with E-state index >= 15 is 0 Å². The van der Waals surface area contributed by atoms with Gasteiger partial charge in [-0.15, -0.1) is 0 Å². The summed E-state index contributed by atoms with van der Waals surface area (Å²) in [5.41, 5.74) is 8.81. The molecule has 104 valence electrons. The van der Waals surface area contributed by atoms with Gasteiger partial charge in [-0.05, 0) is 43.4 Å². The van der Waals surface area contributed by atoms with Gasteiger partial charge in [0.15, 0.2) is 0 Å². The van der Waals surface area contributed by atoms with E-state index in [-0.39, 0.29) is 0 Å². The summed E-state index contributed by atoms with van der Waals surface area (Å²) in [4.78, 5) is 2.69. The SMILES string of the molecule is CC1CCCC(N2CC(CCN)c3ccccc32)C1. The first-order chi connectivity index (χ1) is 9.29. The van der Waals surface area contributed by atoms with Crippen molar-refractivity contribution in [3.05, 3.63) is 29.8 Å². The van der Waals surface area contributed by atoms with Crippen LogP contribution >= 0.6 is 0 Å². The third kappa shape index (κ3) is 2.51. The van der Waals surface area contributed by atoms with E-state index in [4.69, 9.17) is 5.73 Å². The summed E-state index contributed by atoms with van der Waals surface area (Å²) in [5, 5.41) is 0. The third-order valence-corrected chi connectivity index (χ3v) is 4.97. The van der Waals surface area contributed by atoms with Gasteiger partial charge >= 0.3 is 0 Å². The Balaban J connectivity index is 1.83. The summed E-state index contributed by atoms with van der Waals surface area (Å²) < 4.78 is 0. The van der Waals surface area contributed by atoms with Crippen LogP contribution in [-0.4, -0.2) is 19.1 Å². The number of nitrogens with zero attached hydrogens (tertiary/aromatic N) is 1. The molecule has 2 nitrogen and oxygen atoms in total. The number of hydrogen-bond acceptors (Lipinski definition) is 2. The third-order valence-electron chi connectivity index (χ3n) is 4.97. The number of para-hydroxylation sites is 1. The summed E-state index contributed by atoms with van der Waals surface area (Å²) in [6.07, 6.45) is 6.66. The summed E-state index contributed by atoms with van der Waals surface area (Å²) in [6.45, 7) is 4.40. The second-order valence-electron chi connectivity index (χ2n) is 6.41. The molecule has 3 atom stereocenters. The fourth-order valence-electron chi connectivity index (χ4n) is 4.01. The van der Waals surface area contributed by atoms with E-state index in [9.17, 15) is 0 Å². The van der Waals surface area contributed by atoms with Crippen LogP contribution in [0.5, 0.6) is 0 Å². The number of anilines is 1. The number of rotatable bonds is 3. The second-order valence-corrected chi connectivity index (χ2v) is 6.41. The zero-order valence-electron chi connectivity index (χ0n) is 12.0. The fraction of sp³-hybridized carbons (Fsp3) is 0.647. The standard InChI is InChI=1S/C17H26N2/c1-13-5-4-6-15(11-13)19-12-14(9-10-18)16-7-2-3-8-17(16)19/h2-3,7-8,13-15H,4-6,9-12,18H2,1H3. The lowest BCUT2D eigenvalue weighted by atomic mass is 9.86. The van der Waals surface area contributed by atoms with Crippen LogP contribution in [0.15, 0.2) is 24.3 Å². The molecule has 1 heterocycles. The maximum absolute atomic E-state index is 5.79.